The smallest absolute Gasteiger partial charge is 0.191 e. The lowest BCUT2D eigenvalue weighted by atomic mass is 10.1. The molecule has 2 saturated carbocycles. The van der Waals surface area contributed by atoms with Gasteiger partial charge in [-0.05, 0) is 37.2 Å². The van der Waals surface area contributed by atoms with E-state index in [0.717, 1.165) is 11.9 Å². The number of likely N-dealkylation sites (tertiary alicyclic amines) is 1. The number of guanidine groups is 1. The number of benzene rings is 1. The van der Waals surface area contributed by atoms with Crippen molar-refractivity contribution in [2.45, 2.75) is 56.5 Å². The third-order valence-corrected chi connectivity index (χ3v) is 6.17. The summed E-state index contributed by atoms with van der Waals surface area (Å²) in [5.74, 6) is 2.58. The van der Waals surface area contributed by atoms with Gasteiger partial charge in [-0.2, -0.15) is 0 Å². The minimum atomic E-state index is 0. The van der Waals surface area contributed by atoms with Crippen LogP contribution in [0.25, 0.3) is 0 Å². The maximum absolute atomic E-state index is 4.46. The zero-order chi connectivity index (χ0) is 17.1. The van der Waals surface area contributed by atoms with Gasteiger partial charge in [0.05, 0.1) is 0 Å². The van der Waals surface area contributed by atoms with Crippen LogP contribution in [-0.4, -0.2) is 49.6 Å². The molecule has 1 aliphatic heterocycles. The molecule has 1 aromatic rings. The van der Waals surface area contributed by atoms with Crippen LogP contribution in [0, 0.1) is 5.92 Å². The predicted octanol–water partition coefficient (Wildman–Crippen LogP) is 3.59. The first kappa shape index (κ1) is 19.9. The minimum absolute atomic E-state index is 0. The van der Waals surface area contributed by atoms with Crippen molar-refractivity contribution in [1.82, 2.24) is 15.5 Å². The van der Waals surface area contributed by atoms with E-state index in [2.05, 4.69) is 50.9 Å². The normalized spacial score (nSPS) is 29.4. The van der Waals surface area contributed by atoms with Crippen molar-refractivity contribution >= 4 is 29.9 Å². The molecule has 4 nitrogen and oxygen atoms in total. The van der Waals surface area contributed by atoms with Crippen LogP contribution in [0.4, 0.5) is 0 Å². The molecule has 3 fully saturated rings. The summed E-state index contributed by atoms with van der Waals surface area (Å²) in [5.41, 5.74) is 1.44. The van der Waals surface area contributed by atoms with Gasteiger partial charge in [-0.15, -0.1) is 24.0 Å². The van der Waals surface area contributed by atoms with Crippen molar-refractivity contribution in [3.63, 3.8) is 0 Å². The van der Waals surface area contributed by atoms with Crippen molar-refractivity contribution in [2.75, 3.05) is 26.7 Å². The van der Waals surface area contributed by atoms with Gasteiger partial charge in [-0.1, -0.05) is 43.2 Å². The Kier molecular flexibility index (Phi) is 7.20. The van der Waals surface area contributed by atoms with Crippen molar-refractivity contribution in [3.8, 4) is 0 Å². The van der Waals surface area contributed by atoms with E-state index >= 15 is 0 Å². The highest BCUT2D eigenvalue weighted by Crippen LogP contribution is 2.40. The summed E-state index contributed by atoms with van der Waals surface area (Å²) in [5, 5.41) is 7.29. The Morgan fingerprint density at radius 2 is 1.88 bits per heavy atom. The fourth-order valence-electron chi connectivity index (χ4n) is 4.64. The number of aliphatic imine (C=N–C) groups is 1. The van der Waals surface area contributed by atoms with E-state index in [-0.39, 0.29) is 24.0 Å². The summed E-state index contributed by atoms with van der Waals surface area (Å²) < 4.78 is 0. The van der Waals surface area contributed by atoms with Crippen molar-refractivity contribution in [2.24, 2.45) is 10.9 Å². The summed E-state index contributed by atoms with van der Waals surface area (Å²) in [6, 6.07) is 11.9. The zero-order valence-electron chi connectivity index (χ0n) is 15.9. The van der Waals surface area contributed by atoms with Crippen LogP contribution in [0.1, 0.15) is 50.0 Å². The second-order valence-corrected chi connectivity index (χ2v) is 8.12. The number of hydrogen-bond donors (Lipinski definition) is 2. The average Bonchev–Trinajstić information content (AvgIpc) is 3.01. The topological polar surface area (TPSA) is 39.7 Å². The van der Waals surface area contributed by atoms with Crippen LogP contribution in [0.5, 0.6) is 0 Å². The summed E-state index contributed by atoms with van der Waals surface area (Å²) >= 11 is 0. The predicted molar refractivity (Wildman–Crippen MR) is 119 cm³/mol. The van der Waals surface area contributed by atoms with E-state index in [9.17, 15) is 0 Å². The lowest BCUT2D eigenvalue weighted by Gasteiger charge is -2.21. The molecule has 0 bridgehead atoms. The maximum atomic E-state index is 4.46. The molecule has 1 heterocycles. The molecular weight excluding hydrogens is 435 g/mol. The van der Waals surface area contributed by atoms with Crippen LogP contribution in [-0.2, 0) is 0 Å². The van der Waals surface area contributed by atoms with Gasteiger partial charge in [0.2, 0.25) is 0 Å². The third kappa shape index (κ3) is 5.12. The van der Waals surface area contributed by atoms with Crippen molar-refractivity contribution < 1.29 is 0 Å². The number of hydrogen-bond acceptors (Lipinski definition) is 2. The molecular formula is C21H33IN4. The van der Waals surface area contributed by atoms with E-state index in [1.54, 1.807) is 0 Å². The van der Waals surface area contributed by atoms with Gasteiger partial charge in [-0.3, -0.25) is 4.99 Å². The number of nitrogens with one attached hydrogen (secondary N) is 2. The van der Waals surface area contributed by atoms with E-state index in [1.807, 2.05) is 7.05 Å². The highest BCUT2D eigenvalue weighted by atomic mass is 127. The Hall–Kier alpha value is -0.820. The van der Waals surface area contributed by atoms with E-state index < -0.39 is 0 Å². The first-order valence-corrected chi connectivity index (χ1v) is 10.1. The lowest BCUT2D eigenvalue weighted by Crippen LogP contribution is -2.45. The molecule has 26 heavy (non-hydrogen) atoms. The van der Waals surface area contributed by atoms with Crippen LogP contribution >= 0.6 is 24.0 Å². The Morgan fingerprint density at radius 3 is 2.62 bits per heavy atom. The monoisotopic (exact) mass is 468 g/mol. The van der Waals surface area contributed by atoms with Gasteiger partial charge in [-0.25, -0.2) is 0 Å². The molecule has 3 atom stereocenters. The maximum Gasteiger partial charge on any atom is 0.191 e. The Morgan fingerprint density at radius 1 is 1.12 bits per heavy atom. The summed E-state index contributed by atoms with van der Waals surface area (Å²) in [6.07, 6.45) is 8.23. The molecule has 3 aliphatic rings. The fraction of sp³-hybridized carbons (Fsp3) is 0.667. The largest absolute Gasteiger partial charge is 0.353 e. The second-order valence-electron chi connectivity index (χ2n) is 8.12. The highest BCUT2D eigenvalue weighted by molar-refractivity contribution is 14.0. The SMILES string of the molecule is CN=C(NC1CCN(CC2CCCC2)C1)NC1CC1c1ccccc1.I. The lowest BCUT2D eigenvalue weighted by molar-refractivity contribution is 0.275. The molecule has 4 rings (SSSR count). The molecule has 2 aliphatic carbocycles. The molecule has 0 amide bonds. The van der Waals surface area contributed by atoms with E-state index in [4.69, 9.17) is 0 Å². The van der Waals surface area contributed by atoms with Gasteiger partial charge in [0.25, 0.3) is 0 Å². The van der Waals surface area contributed by atoms with Gasteiger partial charge in [0, 0.05) is 44.7 Å². The molecule has 0 radical (unpaired) electrons. The second kappa shape index (κ2) is 9.40. The number of nitrogens with zero attached hydrogens (tertiary/aromatic N) is 2. The highest BCUT2D eigenvalue weighted by Gasteiger charge is 2.39. The Balaban J connectivity index is 0.00000196. The molecule has 0 spiro atoms. The van der Waals surface area contributed by atoms with Crippen molar-refractivity contribution in [1.29, 1.82) is 0 Å². The van der Waals surface area contributed by atoms with Gasteiger partial charge in [0.15, 0.2) is 5.96 Å². The number of halogens is 1. The van der Waals surface area contributed by atoms with Crippen LogP contribution in [0.2, 0.25) is 0 Å². The minimum Gasteiger partial charge on any atom is -0.353 e. The van der Waals surface area contributed by atoms with Gasteiger partial charge < -0.3 is 15.5 Å². The first-order chi connectivity index (χ1) is 12.3. The van der Waals surface area contributed by atoms with Crippen LogP contribution < -0.4 is 10.6 Å². The van der Waals surface area contributed by atoms with Gasteiger partial charge >= 0.3 is 0 Å². The average molecular weight is 468 g/mol. The first-order valence-electron chi connectivity index (χ1n) is 10.1. The summed E-state index contributed by atoms with van der Waals surface area (Å²) in [6.45, 7) is 3.72. The molecule has 2 N–H and O–H groups in total. The fourth-order valence-corrected chi connectivity index (χ4v) is 4.64. The van der Waals surface area contributed by atoms with Crippen LogP contribution in [0.15, 0.2) is 35.3 Å². The van der Waals surface area contributed by atoms with Gasteiger partial charge in [0.1, 0.15) is 0 Å². The van der Waals surface area contributed by atoms with Crippen LogP contribution in [0.3, 0.4) is 0 Å². The standard InChI is InChI=1S/C21H32N4.HI/c1-22-21(24-20-13-19(20)17-9-3-2-4-10-17)23-18-11-12-25(15-18)14-16-7-5-6-8-16;/h2-4,9-10,16,18-20H,5-8,11-15H2,1H3,(H2,22,23,24);1H. The van der Waals surface area contributed by atoms with E-state index in [1.165, 1.54) is 63.7 Å². The van der Waals surface area contributed by atoms with E-state index in [0.29, 0.717) is 18.0 Å². The molecule has 1 aromatic carbocycles. The Labute approximate surface area is 175 Å². The summed E-state index contributed by atoms with van der Waals surface area (Å²) in [7, 11) is 1.89. The number of rotatable bonds is 5. The zero-order valence-corrected chi connectivity index (χ0v) is 18.2. The molecule has 0 aromatic heterocycles. The molecule has 1 saturated heterocycles. The quantitative estimate of drug-likeness (QED) is 0.394. The molecule has 5 heteroatoms. The Bertz CT molecular complexity index is 585. The molecule has 3 unspecified atom stereocenters. The summed E-state index contributed by atoms with van der Waals surface area (Å²) in [4.78, 5) is 7.12. The third-order valence-electron chi connectivity index (χ3n) is 6.17. The van der Waals surface area contributed by atoms with Crippen molar-refractivity contribution in [3.05, 3.63) is 35.9 Å². The molecule has 144 valence electrons.